The van der Waals surface area contributed by atoms with Gasteiger partial charge in [-0.1, -0.05) is 51.8 Å². The Bertz CT molecular complexity index is 1150. The molecule has 0 fully saturated rings. The van der Waals surface area contributed by atoms with Crippen LogP contribution in [0, 0.1) is 0 Å². The highest BCUT2D eigenvalue weighted by atomic mass is 79.9. The Morgan fingerprint density at radius 3 is 2.53 bits per heavy atom. The number of esters is 2. The average molecular weight is 537 g/mol. The summed E-state index contributed by atoms with van der Waals surface area (Å²) in [7, 11) is 1.31. The molecule has 0 aliphatic rings. The van der Waals surface area contributed by atoms with Gasteiger partial charge in [0, 0.05) is 26.3 Å². The van der Waals surface area contributed by atoms with E-state index in [4.69, 9.17) is 16.3 Å². The van der Waals surface area contributed by atoms with Gasteiger partial charge in [-0.3, -0.25) is 9.59 Å². The van der Waals surface area contributed by atoms with Crippen molar-refractivity contribution in [3.8, 4) is 0 Å². The van der Waals surface area contributed by atoms with Gasteiger partial charge in [-0.05, 0) is 41.3 Å². The van der Waals surface area contributed by atoms with Crippen LogP contribution in [-0.2, 0) is 25.6 Å². The van der Waals surface area contributed by atoms with E-state index in [0.29, 0.717) is 10.6 Å². The van der Waals surface area contributed by atoms with Crippen molar-refractivity contribution in [1.82, 2.24) is 5.32 Å². The number of carbonyl (C=O) groups excluding carboxylic acids is 3. The Kier molecular flexibility index (Phi) is 8.55. The van der Waals surface area contributed by atoms with Crippen LogP contribution in [0.3, 0.4) is 0 Å². The molecule has 0 aliphatic heterocycles. The largest absolute Gasteiger partial charge is 0.465 e. The van der Waals surface area contributed by atoms with E-state index in [1.54, 1.807) is 30.3 Å². The number of thioether (sulfide) groups is 1. The van der Waals surface area contributed by atoms with Gasteiger partial charge in [0.05, 0.1) is 18.4 Å². The summed E-state index contributed by atoms with van der Waals surface area (Å²) in [6, 6.07) is 16.0. The fraction of sp³-hybridized carbons (Fsp3) is 0.174. The molecule has 3 rings (SSSR count). The number of methoxy groups -OCH3 is 1. The first-order valence-corrected chi connectivity index (χ1v) is 11.6. The molecule has 1 N–H and O–H groups in total. The van der Waals surface area contributed by atoms with E-state index in [0.717, 1.165) is 25.7 Å². The van der Waals surface area contributed by atoms with Gasteiger partial charge in [0.15, 0.2) is 6.61 Å². The summed E-state index contributed by atoms with van der Waals surface area (Å²) in [4.78, 5) is 36.4. The van der Waals surface area contributed by atoms with Crippen molar-refractivity contribution in [2.24, 2.45) is 0 Å². The zero-order chi connectivity index (χ0) is 23.1. The molecular weight excluding hydrogens is 518 g/mol. The van der Waals surface area contributed by atoms with E-state index in [1.807, 2.05) is 24.3 Å². The van der Waals surface area contributed by atoms with Crippen LogP contribution in [0.25, 0.3) is 10.8 Å². The van der Waals surface area contributed by atoms with E-state index < -0.39 is 17.8 Å². The number of rotatable bonds is 8. The number of amides is 1. The highest BCUT2D eigenvalue weighted by molar-refractivity contribution is 9.10. The maximum absolute atomic E-state index is 12.1. The summed E-state index contributed by atoms with van der Waals surface area (Å²) < 4.78 is 10.6. The third-order valence-electron chi connectivity index (χ3n) is 4.47. The minimum atomic E-state index is -0.504. The van der Waals surface area contributed by atoms with Gasteiger partial charge in [0.25, 0.3) is 5.91 Å². The third kappa shape index (κ3) is 6.25. The first kappa shape index (κ1) is 24.1. The molecular formula is C23H19BrClNO5S. The lowest BCUT2D eigenvalue weighted by Crippen LogP contribution is -2.28. The number of benzene rings is 3. The molecule has 0 heterocycles. The molecule has 0 saturated heterocycles. The van der Waals surface area contributed by atoms with Crippen LogP contribution in [0.4, 0.5) is 0 Å². The Morgan fingerprint density at radius 2 is 1.81 bits per heavy atom. The maximum Gasteiger partial charge on any atom is 0.337 e. The van der Waals surface area contributed by atoms with Crippen LogP contribution in [-0.4, -0.2) is 37.3 Å². The van der Waals surface area contributed by atoms with Gasteiger partial charge in [-0.25, -0.2) is 4.79 Å². The predicted molar refractivity (Wildman–Crippen MR) is 128 cm³/mol. The molecule has 0 bridgehead atoms. The Morgan fingerprint density at radius 1 is 1.06 bits per heavy atom. The number of fused-ring (bicyclic) bond motifs is 1. The zero-order valence-electron chi connectivity index (χ0n) is 17.0. The molecule has 9 heteroatoms. The van der Waals surface area contributed by atoms with Crippen molar-refractivity contribution in [1.29, 1.82) is 0 Å². The van der Waals surface area contributed by atoms with Crippen LogP contribution in [0.5, 0.6) is 0 Å². The fourth-order valence-electron chi connectivity index (χ4n) is 2.87. The second kappa shape index (κ2) is 11.4. The lowest BCUT2D eigenvalue weighted by molar-refractivity contribution is -0.145. The SMILES string of the molecule is COC(=O)c1ccc(CNC(=O)COC(=O)CSc2ccc(Br)c3cccc(Cl)c23)cc1. The minimum absolute atomic E-state index is 0.0459. The lowest BCUT2D eigenvalue weighted by atomic mass is 10.1. The molecule has 0 radical (unpaired) electrons. The summed E-state index contributed by atoms with van der Waals surface area (Å²) in [5, 5.41) is 5.08. The third-order valence-corrected chi connectivity index (χ3v) is 6.51. The van der Waals surface area contributed by atoms with Crippen molar-refractivity contribution in [2.45, 2.75) is 11.4 Å². The molecule has 1 amide bonds. The standard InChI is InChI=1S/C23H19BrClNO5S/c1-30-23(29)15-7-5-14(6-8-15)11-26-20(27)12-31-21(28)13-32-19-10-9-17(24)16-3-2-4-18(25)22(16)19/h2-10H,11-13H2,1H3,(H,26,27). The van der Waals surface area contributed by atoms with Crippen molar-refractivity contribution < 1.29 is 23.9 Å². The molecule has 3 aromatic carbocycles. The second-order valence-corrected chi connectivity index (χ2v) is 8.90. The van der Waals surface area contributed by atoms with Crippen LogP contribution < -0.4 is 5.32 Å². The number of halogens is 2. The molecule has 0 saturated carbocycles. The highest BCUT2D eigenvalue weighted by Gasteiger charge is 2.13. The van der Waals surface area contributed by atoms with E-state index in [1.165, 1.54) is 18.9 Å². The number of hydrogen-bond acceptors (Lipinski definition) is 6. The molecule has 3 aromatic rings. The van der Waals surface area contributed by atoms with E-state index >= 15 is 0 Å². The first-order valence-electron chi connectivity index (χ1n) is 9.48. The smallest absolute Gasteiger partial charge is 0.337 e. The molecule has 0 aliphatic carbocycles. The van der Waals surface area contributed by atoms with Gasteiger partial charge in [-0.2, -0.15) is 0 Å². The molecule has 0 aromatic heterocycles. The van der Waals surface area contributed by atoms with Crippen LogP contribution >= 0.6 is 39.3 Å². The Labute approximate surface area is 202 Å². The van der Waals surface area contributed by atoms with Gasteiger partial charge >= 0.3 is 11.9 Å². The minimum Gasteiger partial charge on any atom is -0.465 e. The summed E-state index contributed by atoms with van der Waals surface area (Å²) in [5.74, 6) is -1.30. The molecule has 0 atom stereocenters. The number of hydrogen-bond donors (Lipinski definition) is 1. The molecule has 0 spiro atoms. The molecule has 166 valence electrons. The molecule has 0 unspecified atom stereocenters. The average Bonchev–Trinajstić information content (AvgIpc) is 2.81. The number of nitrogens with one attached hydrogen (secondary N) is 1. The van der Waals surface area contributed by atoms with E-state index in [2.05, 4.69) is 26.0 Å². The summed E-state index contributed by atoms with van der Waals surface area (Å²) in [6.45, 7) is -0.128. The highest BCUT2D eigenvalue weighted by Crippen LogP contribution is 2.37. The van der Waals surface area contributed by atoms with Gasteiger partial charge < -0.3 is 14.8 Å². The molecule has 6 nitrogen and oxygen atoms in total. The van der Waals surface area contributed by atoms with Crippen molar-refractivity contribution >= 4 is 67.9 Å². The van der Waals surface area contributed by atoms with Crippen molar-refractivity contribution in [2.75, 3.05) is 19.5 Å². The predicted octanol–water partition coefficient (Wildman–Crippen LogP) is 4.99. The maximum atomic E-state index is 12.1. The van der Waals surface area contributed by atoms with E-state index in [-0.39, 0.29) is 18.9 Å². The van der Waals surface area contributed by atoms with Crippen LogP contribution in [0.15, 0.2) is 64.0 Å². The normalized spacial score (nSPS) is 10.6. The van der Waals surface area contributed by atoms with Gasteiger partial charge in [-0.15, -0.1) is 11.8 Å². The Hall–Kier alpha value is -2.55. The fourth-order valence-corrected chi connectivity index (χ4v) is 4.55. The summed E-state index contributed by atoms with van der Waals surface area (Å²) in [6.07, 6.45) is 0. The topological polar surface area (TPSA) is 81.7 Å². The summed E-state index contributed by atoms with van der Waals surface area (Å²) in [5.41, 5.74) is 1.22. The van der Waals surface area contributed by atoms with Crippen LogP contribution in [0.1, 0.15) is 15.9 Å². The zero-order valence-corrected chi connectivity index (χ0v) is 20.2. The quantitative estimate of drug-likeness (QED) is 0.323. The van der Waals surface area contributed by atoms with Gasteiger partial charge in [0.1, 0.15) is 0 Å². The Balaban J connectivity index is 1.46. The monoisotopic (exact) mass is 535 g/mol. The van der Waals surface area contributed by atoms with Crippen molar-refractivity contribution in [3.05, 3.63) is 75.2 Å². The summed E-state index contributed by atoms with van der Waals surface area (Å²) >= 11 is 11.1. The van der Waals surface area contributed by atoms with Crippen LogP contribution in [0.2, 0.25) is 5.02 Å². The second-order valence-electron chi connectivity index (χ2n) is 6.62. The molecule has 32 heavy (non-hydrogen) atoms. The number of ether oxygens (including phenoxy) is 2. The first-order chi connectivity index (χ1) is 15.4. The van der Waals surface area contributed by atoms with Crippen molar-refractivity contribution in [3.63, 3.8) is 0 Å². The van der Waals surface area contributed by atoms with E-state index in [9.17, 15) is 14.4 Å². The number of carbonyl (C=O) groups is 3. The lowest BCUT2D eigenvalue weighted by Gasteiger charge is -2.10. The van der Waals surface area contributed by atoms with Gasteiger partial charge in [0.2, 0.25) is 0 Å².